The standard InChI is InChI=1S/C19H21NO5/c1-22-15-6-2-3-7-16(15)23-11-10-19(21)20-12-14-13-24-17-8-4-5-9-18(17)25-14/h2-9,14H,10-13H2,1H3,(H,20,21)/t14-/m0/s1. The van der Waals surface area contributed by atoms with Crippen LogP contribution in [0.25, 0.3) is 0 Å². The lowest BCUT2D eigenvalue weighted by atomic mass is 10.2. The predicted octanol–water partition coefficient (Wildman–Crippen LogP) is 2.42. The molecule has 0 bridgehead atoms. The average Bonchev–Trinajstić information content (AvgIpc) is 2.66. The van der Waals surface area contributed by atoms with Crippen molar-refractivity contribution in [1.82, 2.24) is 5.32 Å². The van der Waals surface area contributed by atoms with Crippen LogP contribution in [0, 0.1) is 0 Å². The summed E-state index contributed by atoms with van der Waals surface area (Å²) < 4.78 is 22.2. The Morgan fingerprint density at radius 1 is 1.12 bits per heavy atom. The number of hydrogen-bond acceptors (Lipinski definition) is 5. The molecule has 3 rings (SSSR count). The van der Waals surface area contributed by atoms with Gasteiger partial charge in [0, 0.05) is 0 Å². The van der Waals surface area contributed by atoms with E-state index in [4.69, 9.17) is 18.9 Å². The average molecular weight is 343 g/mol. The summed E-state index contributed by atoms with van der Waals surface area (Å²) in [6.07, 6.45) is 0.0522. The molecule has 1 heterocycles. The van der Waals surface area contributed by atoms with Crippen molar-refractivity contribution in [2.24, 2.45) is 0 Å². The van der Waals surface area contributed by atoms with Gasteiger partial charge in [-0.25, -0.2) is 0 Å². The van der Waals surface area contributed by atoms with Crippen molar-refractivity contribution >= 4 is 5.91 Å². The minimum atomic E-state index is -0.200. The van der Waals surface area contributed by atoms with Gasteiger partial charge in [0.05, 0.1) is 26.7 Å². The number of rotatable bonds is 7. The van der Waals surface area contributed by atoms with Crippen molar-refractivity contribution < 1.29 is 23.7 Å². The first kappa shape index (κ1) is 17.0. The van der Waals surface area contributed by atoms with Crippen LogP contribution in [0.15, 0.2) is 48.5 Å². The van der Waals surface area contributed by atoms with Crippen LogP contribution in [0.4, 0.5) is 0 Å². The summed E-state index contributed by atoms with van der Waals surface area (Å²) in [5, 5.41) is 2.84. The molecule has 6 heteroatoms. The van der Waals surface area contributed by atoms with E-state index in [1.54, 1.807) is 13.2 Å². The molecule has 0 fully saturated rings. The van der Waals surface area contributed by atoms with E-state index < -0.39 is 0 Å². The third kappa shape index (κ3) is 4.56. The summed E-state index contributed by atoms with van der Waals surface area (Å²) in [5.74, 6) is 2.60. The summed E-state index contributed by atoms with van der Waals surface area (Å²) in [6.45, 7) is 1.08. The molecule has 1 amide bonds. The monoisotopic (exact) mass is 343 g/mol. The molecule has 0 radical (unpaired) electrons. The van der Waals surface area contributed by atoms with Gasteiger partial charge in [-0.15, -0.1) is 0 Å². The second kappa shape index (κ2) is 8.28. The largest absolute Gasteiger partial charge is 0.493 e. The zero-order valence-corrected chi connectivity index (χ0v) is 14.1. The van der Waals surface area contributed by atoms with Gasteiger partial charge in [0.1, 0.15) is 12.7 Å². The van der Waals surface area contributed by atoms with Gasteiger partial charge in [-0.3, -0.25) is 4.79 Å². The van der Waals surface area contributed by atoms with E-state index in [0.717, 1.165) is 5.75 Å². The Morgan fingerprint density at radius 3 is 2.64 bits per heavy atom. The van der Waals surface area contributed by atoms with Gasteiger partial charge < -0.3 is 24.3 Å². The molecule has 0 spiro atoms. The van der Waals surface area contributed by atoms with Crippen LogP contribution in [0.1, 0.15) is 6.42 Å². The quantitative estimate of drug-likeness (QED) is 0.836. The van der Waals surface area contributed by atoms with Crippen LogP contribution >= 0.6 is 0 Å². The number of methoxy groups -OCH3 is 1. The number of amides is 1. The lowest BCUT2D eigenvalue weighted by Gasteiger charge is -2.26. The highest BCUT2D eigenvalue weighted by molar-refractivity contribution is 5.76. The van der Waals surface area contributed by atoms with Crippen molar-refractivity contribution in [1.29, 1.82) is 0 Å². The SMILES string of the molecule is COc1ccccc1OCCC(=O)NC[C@H]1COc2ccccc2O1. The van der Waals surface area contributed by atoms with E-state index in [2.05, 4.69) is 5.32 Å². The van der Waals surface area contributed by atoms with Gasteiger partial charge in [-0.2, -0.15) is 0 Å². The number of carbonyl (C=O) groups is 1. The minimum absolute atomic E-state index is 0.0997. The van der Waals surface area contributed by atoms with E-state index in [1.807, 2.05) is 42.5 Å². The second-order valence-electron chi connectivity index (χ2n) is 5.55. The molecule has 132 valence electrons. The highest BCUT2D eigenvalue weighted by Gasteiger charge is 2.20. The smallest absolute Gasteiger partial charge is 0.223 e. The predicted molar refractivity (Wildman–Crippen MR) is 92.5 cm³/mol. The van der Waals surface area contributed by atoms with Crippen molar-refractivity contribution in [2.75, 3.05) is 26.9 Å². The Bertz CT molecular complexity index is 718. The first-order valence-electron chi connectivity index (χ1n) is 8.17. The number of para-hydroxylation sites is 4. The number of ether oxygens (including phenoxy) is 4. The number of fused-ring (bicyclic) bond motifs is 1. The molecule has 1 aliphatic heterocycles. The molecule has 1 atom stereocenters. The number of carbonyl (C=O) groups excluding carboxylic acids is 1. The van der Waals surface area contributed by atoms with E-state index in [9.17, 15) is 4.79 Å². The van der Waals surface area contributed by atoms with Crippen LogP contribution in [0.5, 0.6) is 23.0 Å². The summed E-state index contributed by atoms with van der Waals surface area (Å²) in [4.78, 5) is 12.0. The molecule has 0 aromatic heterocycles. The Labute approximate surface area is 146 Å². The Morgan fingerprint density at radius 2 is 1.84 bits per heavy atom. The van der Waals surface area contributed by atoms with Crippen LogP contribution in [0.3, 0.4) is 0 Å². The highest BCUT2D eigenvalue weighted by atomic mass is 16.6. The maximum Gasteiger partial charge on any atom is 0.223 e. The van der Waals surface area contributed by atoms with Crippen LogP contribution in [-0.2, 0) is 4.79 Å². The lowest BCUT2D eigenvalue weighted by molar-refractivity contribution is -0.122. The van der Waals surface area contributed by atoms with Crippen molar-refractivity contribution in [3.05, 3.63) is 48.5 Å². The van der Waals surface area contributed by atoms with Gasteiger partial charge >= 0.3 is 0 Å². The molecule has 6 nitrogen and oxygen atoms in total. The molecule has 0 saturated heterocycles. The van der Waals surface area contributed by atoms with Gasteiger partial charge in [-0.05, 0) is 24.3 Å². The fourth-order valence-corrected chi connectivity index (χ4v) is 2.47. The number of nitrogens with one attached hydrogen (secondary N) is 1. The maximum atomic E-state index is 12.0. The molecule has 1 N–H and O–H groups in total. The highest BCUT2D eigenvalue weighted by Crippen LogP contribution is 2.30. The Kier molecular flexibility index (Phi) is 5.61. The minimum Gasteiger partial charge on any atom is -0.493 e. The first-order valence-corrected chi connectivity index (χ1v) is 8.17. The molecule has 1 aliphatic rings. The summed E-state index contributed by atoms with van der Waals surface area (Å²) in [7, 11) is 1.58. The molecule has 0 saturated carbocycles. The summed E-state index contributed by atoms with van der Waals surface area (Å²) >= 11 is 0. The van der Waals surface area contributed by atoms with Crippen LogP contribution in [0.2, 0.25) is 0 Å². The zero-order chi connectivity index (χ0) is 17.5. The maximum absolute atomic E-state index is 12.0. The molecular weight excluding hydrogens is 322 g/mol. The normalized spacial score (nSPS) is 15.3. The Balaban J connectivity index is 1.39. The fraction of sp³-hybridized carbons (Fsp3) is 0.316. The van der Waals surface area contributed by atoms with E-state index >= 15 is 0 Å². The number of benzene rings is 2. The second-order valence-corrected chi connectivity index (χ2v) is 5.55. The van der Waals surface area contributed by atoms with Crippen LogP contribution in [-0.4, -0.2) is 38.9 Å². The fourth-order valence-electron chi connectivity index (χ4n) is 2.47. The van der Waals surface area contributed by atoms with Gasteiger partial charge in [0.25, 0.3) is 0 Å². The van der Waals surface area contributed by atoms with E-state index in [1.165, 1.54) is 0 Å². The van der Waals surface area contributed by atoms with Crippen molar-refractivity contribution in [2.45, 2.75) is 12.5 Å². The summed E-state index contributed by atoms with van der Waals surface area (Å²) in [6, 6.07) is 14.8. The van der Waals surface area contributed by atoms with Crippen LogP contribution < -0.4 is 24.3 Å². The molecule has 2 aromatic carbocycles. The van der Waals surface area contributed by atoms with Crippen molar-refractivity contribution in [3.8, 4) is 23.0 Å². The van der Waals surface area contributed by atoms with Gasteiger partial charge in [0.15, 0.2) is 23.0 Å². The van der Waals surface area contributed by atoms with Gasteiger partial charge in [-0.1, -0.05) is 24.3 Å². The molecular formula is C19H21NO5. The lowest BCUT2D eigenvalue weighted by Crippen LogP contribution is -2.41. The third-order valence-electron chi connectivity index (χ3n) is 3.75. The van der Waals surface area contributed by atoms with Gasteiger partial charge in [0.2, 0.25) is 5.91 Å². The van der Waals surface area contributed by atoms with Crippen molar-refractivity contribution in [3.63, 3.8) is 0 Å². The first-order chi connectivity index (χ1) is 12.3. The molecule has 2 aromatic rings. The third-order valence-corrected chi connectivity index (χ3v) is 3.75. The summed E-state index contributed by atoms with van der Waals surface area (Å²) in [5.41, 5.74) is 0. The van der Waals surface area contributed by atoms with E-state index in [0.29, 0.717) is 30.4 Å². The Hall–Kier alpha value is -2.89. The van der Waals surface area contributed by atoms with E-state index in [-0.39, 0.29) is 25.0 Å². The molecule has 0 unspecified atom stereocenters. The number of hydrogen-bond donors (Lipinski definition) is 1. The zero-order valence-electron chi connectivity index (χ0n) is 14.1. The topological polar surface area (TPSA) is 66.0 Å². The molecule has 0 aliphatic carbocycles. The molecule has 25 heavy (non-hydrogen) atoms.